The molecule has 0 aliphatic carbocycles. The van der Waals surface area contributed by atoms with Gasteiger partial charge in [0, 0.05) is 43.3 Å². The van der Waals surface area contributed by atoms with Crippen LogP contribution in [0.2, 0.25) is 0 Å². The Kier molecular flexibility index (Phi) is 4.33. The minimum absolute atomic E-state index is 0.338. The molecule has 1 aromatic heterocycles. The molecule has 1 heterocycles. The second kappa shape index (κ2) is 5.98. The molecule has 0 aliphatic heterocycles. The lowest BCUT2D eigenvalue weighted by atomic mass is 10.0. The maximum absolute atomic E-state index is 4.13. The predicted octanol–water partition coefficient (Wildman–Crippen LogP) is 2.71. The molecule has 96 valence electrons. The molecule has 1 aromatic carbocycles. The van der Waals surface area contributed by atoms with Gasteiger partial charge in [-0.1, -0.05) is 12.1 Å². The monoisotopic (exact) mass is 261 g/mol. The van der Waals surface area contributed by atoms with Gasteiger partial charge in [-0.25, -0.2) is 0 Å². The minimum Gasteiger partial charge on any atom is -0.378 e. The van der Waals surface area contributed by atoms with Gasteiger partial charge in [0.25, 0.3) is 0 Å². The molecular formula is C14H19N3S. The van der Waals surface area contributed by atoms with E-state index in [4.69, 9.17) is 0 Å². The van der Waals surface area contributed by atoms with Crippen LogP contribution in [0.25, 0.3) is 0 Å². The van der Waals surface area contributed by atoms with Crippen LogP contribution in [0, 0.1) is 0 Å². The van der Waals surface area contributed by atoms with Crippen molar-refractivity contribution in [1.29, 1.82) is 0 Å². The quantitative estimate of drug-likeness (QED) is 0.897. The maximum atomic E-state index is 4.13. The third-order valence-corrected chi connectivity index (χ3v) is 3.83. The van der Waals surface area contributed by atoms with Crippen molar-refractivity contribution in [2.24, 2.45) is 0 Å². The molecular weight excluding hydrogens is 242 g/mol. The lowest BCUT2D eigenvalue weighted by Crippen LogP contribution is -2.19. The van der Waals surface area contributed by atoms with Crippen LogP contribution < -0.4 is 10.2 Å². The van der Waals surface area contributed by atoms with Gasteiger partial charge in [-0.05, 0) is 24.7 Å². The third-order valence-electron chi connectivity index (χ3n) is 3.03. The van der Waals surface area contributed by atoms with E-state index >= 15 is 0 Å². The molecule has 2 aromatic rings. The Morgan fingerprint density at radius 2 is 2.22 bits per heavy atom. The molecule has 18 heavy (non-hydrogen) atoms. The van der Waals surface area contributed by atoms with Gasteiger partial charge < -0.3 is 10.2 Å². The van der Waals surface area contributed by atoms with Gasteiger partial charge in [-0.3, -0.25) is 4.98 Å². The first-order valence-electron chi connectivity index (χ1n) is 6.02. The fraction of sp³-hybridized carbons (Fsp3) is 0.357. The number of hydrogen-bond acceptors (Lipinski definition) is 4. The van der Waals surface area contributed by atoms with Crippen molar-refractivity contribution in [3.05, 3.63) is 46.4 Å². The van der Waals surface area contributed by atoms with Crippen molar-refractivity contribution < 1.29 is 0 Å². The van der Waals surface area contributed by atoms with Crippen LogP contribution >= 0.6 is 11.3 Å². The van der Waals surface area contributed by atoms with Crippen molar-refractivity contribution in [1.82, 2.24) is 10.3 Å². The van der Waals surface area contributed by atoms with E-state index < -0.39 is 0 Å². The minimum atomic E-state index is 0.338. The summed E-state index contributed by atoms with van der Waals surface area (Å²) in [6, 6.07) is 8.99. The molecule has 0 radical (unpaired) electrons. The van der Waals surface area contributed by atoms with Crippen molar-refractivity contribution >= 4 is 17.0 Å². The smallest absolute Gasteiger partial charge is 0.0794 e. The van der Waals surface area contributed by atoms with Crippen molar-refractivity contribution in [3.63, 3.8) is 0 Å². The average molecular weight is 261 g/mol. The van der Waals surface area contributed by atoms with Gasteiger partial charge in [-0.2, -0.15) is 0 Å². The van der Waals surface area contributed by atoms with E-state index in [1.165, 1.54) is 16.1 Å². The van der Waals surface area contributed by atoms with Gasteiger partial charge >= 0.3 is 0 Å². The zero-order valence-electron chi connectivity index (χ0n) is 11.1. The summed E-state index contributed by atoms with van der Waals surface area (Å²) < 4.78 is 0. The van der Waals surface area contributed by atoms with Crippen LogP contribution in [0.1, 0.15) is 16.5 Å². The predicted molar refractivity (Wildman–Crippen MR) is 78.4 cm³/mol. The average Bonchev–Trinajstić information content (AvgIpc) is 2.89. The number of anilines is 1. The molecule has 3 nitrogen and oxygen atoms in total. The summed E-state index contributed by atoms with van der Waals surface area (Å²) in [5.74, 6) is 0. The van der Waals surface area contributed by atoms with E-state index in [-0.39, 0.29) is 0 Å². The Labute approximate surface area is 112 Å². The zero-order valence-corrected chi connectivity index (χ0v) is 11.9. The van der Waals surface area contributed by atoms with Crippen molar-refractivity contribution in [3.8, 4) is 0 Å². The fourth-order valence-electron chi connectivity index (χ4n) is 1.95. The lowest BCUT2D eigenvalue weighted by Gasteiger charge is -2.19. The highest BCUT2D eigenvalue weighted by Crippen LogP contribution is 2.23. The number of likely N-dealkylation sites (N-methyl/N-ethyl adjacent to an activating group) is 1. The number of hydrogen-bond donors (Lipinski definition) is 1. The molecule has 0 spiro atoms. The molecule has 0 saturated heterocycles. The number of benzene rings is 1. The Balaban J connectivity index is 2.19. The summed E-state index contributed by atoms with van der Waals surface area (Å²) in [4.78, 5) is 7.57. The Morgan fingerprint density at radius 3 is 2.83 bits per heavy atom. The lowest BCUT2D eigenvalue weighted by molar-refractivity contribution is 0.596. The molecule has 1 unspecified atom stereocenters. The first-order chi connectivity index (χ1) is 8.70. The Morgan fingerprint density at radius 1 is 1.39 bits per heavy atom. The summed E-state index contributed by atoms with van der Waals surface area (Å²) in [5.41, 5.74) is 4.44. The van der Waals surface area contributed by atoms with Gasteiger partial charge in [0.15, 0.2) is 0 Å². The highest BCUT2D eigenvalue weighted by molar-refractivity contribution is 7.09. The molecule has 4 heteroatoms. The standard InChI is InChI=1S/C14H19N3S/c1-15-14(8-13-9-16-10-18-13)11-5-4-6-12(7-11)17(2)3/h4-7,9-10,14-15H,8H2,1-3H3. The molecule has 1 N–H and O–H groups in total. The molecule has 0 fully saturated rings. The second-order valence-electron chi connectivity index (χ2n) is 4.50. The summed E-state index contributed by atoms with van der Waals surface area (Å²) in [6.45, 7) is 0. The topological polar surface area (TPSA) is 28.2 Å². The van der Waals surface area contributed by atoms with Gasteiger partial charge in [-0.15, -0.1) is 11.3 Å². The molecule has 0 amide bonds. The van der Waals surface area contributed by atoms with E-state index in [9.17, 15) is 0 Å². The maximum Gasteiger partial charge on any atom is 0.0794 e. The highest BCUT2D eigenvalue weighted by atomic mass is 32.1. The molecule has 0 aliphatic rings. The summed E-state index contributed by atoms with van der Waals surface area (Å²) in [6.07, 6.45) is 2.93. The number of nitrogens with zero attached hydrogens (tertiary/aromatic N) is 2. The Hall–Kier alpha value is -1.39. The number of rotatable bonds is 5. The van der Waals surface area contributed by atoms with Crippen LogP contribution in [0.15, 0.2) is 36.0 Å². The summed E-state index contributed by atoms with van der Waals surface area (Å²) >= 11 is 1.71. The van der Waals surface area contributed by atoms with Gasteiger partial charge in [0.1, 0.15) is 0 Å². The summed E-state index contributed by atoms with van der Waals surface area (Å²) in [5, 5.41) is 3.38. The van der Waals surface area contributed by atoms with E-state index in [0.29, 0.717) is 6.04 Å². The third kappa shape index (κ3) is 3.09. The molecule has 0 bridgehead atoms. The van der Waals surface area contributed by atoms with E-state index in [0.717, 1.165) is 6.42 Å². The molecule has 1 atom stereocenters. The van der Waals surface area contributed by atoms with Crippen LogP contribution in [0.3, 0.4) is 0 Å². The van der Waals surface area contributed by atoms with Crippen LogP contribution in [-0.4, -0.2) is 26.1 Å². The number of thiazole rings is 1. The van der Waals surface area contributed by atoms with Gasteiger partial charge in [0.05, 0.1) is 5.51 Å². The van der Waals surface area contributed by atoms with Crippen molar-refractivity contribution in [2.75, 3.05) is 26.0 Å². The van der Waals surface area contributed by atoms with Crippen LogP contribution in [0.4, 0.5) is 5.69 Å². The summed E-state index contributed by atoms with van der Waals surface area (Å²) in [7, 11) is 6.14. The van der Waals surface area contributed by atoms with Crippen LogP contribution in [0.5, 0.6) is 0 Å². The largest absolute Gasteiger partial charge is 0.378 e. The molecule has 2 rings (SSSR count). The normalized spacial score (nSPS) is 12.4. The first kappa shape index (κ1) is 13.1. The zero-order chi connectivity index (χ0) is 13.0. The second-order valence-corrected chi connectivity index (χ2v) is 5.47. The molecule has 0 saturated carbocycles. The van der Waals surface area contributed by atoms with Crippen molar-refractivity contribution in [2.45, 2.75) is 12.5 Å². The van der Waals surface area contributed by atoms with Crippen LogP contribution in [-0.2, 0) is 6.42 Å². The van der Waals surface area contributed by atoms with E-state index in [1.807, 2.05) is 18.8 Å². The van der Waals surface area contributed by atoms with E-state index in [1.54, 1.807) is 11.3 Å². The SMILES string of the molecule is CNC(Cc1cncs1)c1cccc(N(C)C)c1. The highest BCUT2D eigenvalue weighted by Gasteiger charge is 2.11. The van der Waals surface area contributed by atoms with E-state index in [2.05, 4.69) is 53.6 Å². The van der Waals surface area contributed by atoms with Gasteiger partial charge in [0.2, 0.25) is 0 Å². The number of nitrogens with one attached hydrogen (secondary N) is 1. The fourth-order valence-corrected chi connectivity index (χ4v) is 2.59. The first-order valence-corrected chi connectivity index (χ1v) is 6.90. The number of aromatic nitrogens is 1. The Bertz CT molecular complexity index is 480.